The molecule has 7 nitrogen and oxygen atoms in total. The summed E-state index contributed by atoms with van der Waals surface area (Å²) in [5, 5.41) is 0. The second-order valence-corrected chi connectivity index (χ2v) is 7.35. The summed E-state index contributed by atoms with van der Waals surface area (Å²) in [5.74, 6) is -1.04. The Bertz CT molecular complexity index is 623. The summed E-state index contributed by atoms with van der Waals surface area (Å²) in [6, 6.07) is 8.99. The highest BCUT2D eigenvalue weighted by atomic mass is 16.7. The van der Waals surface area contributed by atoms with Crippen LogP contribution >= 0.6 is 0 Å². The number of rotatable bonds is 6. The summed E-state index contributed by atoms with van der Waals surface area (Å²) < 4.78 is 27.4. The molecule has 150 valence electrons. The van der Waals surface area contributed by atoms with Gasteiger partial charge in [-0.1, -0.05) is 30.3 Å². The van der Waals surface area contributed by atoms with Crippen molar-refractivity contribution in [1.82, 2.24) is 0 Å². The maximum Gasteiger partial charge on any atom is 0.339 e. The van der Waals surface area contributed by atoms with Crippen molar-refractivity contribution < 1.29 is 33.3 Å². The molecular weight excluding hydrogens is 352 g/mol. The molecule has 1 aliphatic heterocycles. The van der Waals surface area contributed by atoms with Crippen LogP contribution in [0.5, 0.6) is 0 Å². The van der Waals surface area contributed by atoms with Crippen LogP contribution in [0, 0.1) is 0 Å². The van der Waals surface area contributed by atoms with E-state index in [0.29, 0.717) is 18.4 Å². The van der Waals surface area contributed by atoms with Crippen molar-refractivity contribution in [3.05, 3.63) is 35.9 Å². The molecule has 1 aromatic rings. The van der Waals surface area contributed by atoms with Crippen molar-refractivity contribution in [1.29, 1.82) is 0 Å². The van der Waals surface area contributed by atoms with E-state index in [-0.39, 0.29) is 6.10 Å². The molecule has 1 fully saturated rings. The lowest BCUT2D eigenvalue weighted by atomic mass is 10.0. The van der Waals surface area contributed by atoms with Crippen LogP contribution in [0.15, 0.2) is 30.3 Å². The van der Waals surface area contributed by atoms with Gasteiger partial charge in [0.1, 0.15) is 0 Å². The normalized spacial score (nSPS) is 24.1. The second kappa shape index (κ2) is 9.30. The van der Waals surface area contributed by atoms with E-state index in [9.17, 15) is 9.59 Å². The van der Waals surface area contributed by atoms with Crippen LogP contribution in [0.4, 0.5) is 0 Å². The number of hydrogen-bond donors (Lipinski definition) is 0. The van der Waals surface area contributed by atoms with Gasteiger partial charge in [0, 0.05) is 12.8 Å². The first-order chi connectivity index (χ1) is 12.7. The largest absolute Gasteiger partial charge is 0.467 e. The van der Waals surface area contributed by atoms with Crippen LogP contribution < -0.4 is 0 Å². The maximum absolute atomic E-state index is 12.2. The highest BCUT2D eigenvalue weighted by Crippen LogP contribution is 2.31. The molecule has 7 heteroatoms. The zero-order valence-corrected chi connectivity index (χ0v) is 16.5. The Morgan fingerprint density at radius 2 is 1.74 bits per heavy atom. The number of carbonyl (C=O) groups is 2. The summed E-state index contributed by atoms with van der Waals surface area (Å²) in [4.78, 5) is 24.3. The summed E-state index contributed by atoms with van der Waals surface area (Å²) in [7, 11) is 2.60. The smallest absolute Gasteiger partial charge is 0.339 e. The van der Waals surface area contributed by atoms with Crippen LogP contribution in [0.1, 0.15) is 45.3 Å². The standard InChI is InChI=1S/C20H28O7/c1-20(2,3)27-14-11-15(18(21)23-4)25-16(12-14)26-17(19(22)24-5)13-9-7-6-8-10-13/h6-10,14-17H,11-12H2,1-5H3/t14-,15-,16-,17-/m1/s1. The van der Waals surface area contributed by atoms with E-state index in [2.05, 4.69) is 0 Å². The Morgan fingerprint density at radius 1 is 1.07 bits per heavy atom. The molecule has 0 aliphatic carbocycles. The number of benzene rings is 1. The zero-order chi connectivity index (χ0) is 20.0. The number of esters is 2. The van der Waals surface area contributed by atoms with Crippen molar-refractivity contribution in [3.63, 3.8) is 0 Å². The van der Waals surface area contributed by atoms with Crippen LogP contribution in [0.2, 0.25) is 0 Å². The lowest BCUT2D eigenvalue weighted by molar-refractivity contribution is -0.252. The third kappa shape index (κ3) is 6.30. The average Bonchev–Trinajstić information content (AvgIpc) is 2.64. The van der Waals surface area contributed by atoms with Gasteiger partial charge in [-0.25, -0.2) is 9.59 Å². The molecule has 1 aliphatic rings. The van der Waals surface area contributed by atoms with E-state index in [1.807, 2.05) is 26.8 Å². The molecular formula is C20H28O7. The Kier molecular flexibility index (Phi) is 7.35. The van der Waals surface area contributed by atoms with Crippen LogP contribution in [-0.4, -0.2) is 50.3 Å². The Labute approximate surface area is 159 Å². The highest BCUT2D eigenvalue weighted by molar-refractivity contribution is 5.76. The number of ether oxygens (including phenoxy) is 5. The third-order valence-corrected chi connectivity index (χ3v) is 4.04. The maximum atomic E-state index is 12.2. The number of hydrogen-bond acceptors (Lipinski definition) is 7. The third-order valence-electron chi connectivity index (χ3n) is 4.04. The molecule has 1 aromatic carbocycles. The zero-order valence-electron chi connectivity index (χ0n) is 16.5. The number of methoxy groups -OCH3 is 2. The first-order valence-electron chi connectivity index (χ1n) is 8.93. The molecule has 0 unspecified atom stereocenters. The van der Waals surface area contributed by atoms with E-state index in [0.717, 1.165) is 0 Å². The van der Waals surface area contributed by atoms with E-state index >= 15 is 0 Å². The van der Waals surface area contributed by atoms with Gasteiger partial charge in [0.05, 0.1) is 25.9 Å². The summed E-state index contributed by atoms with van der Waals surface area (Å²) in [6.45, 7) is 5.81. The predicted molar refractivity (Wildman–Crippen MR) is 96.8 cm³/mol. The molecule has 1 saturated heterocycles. The molecule has 0 radical (unpaired) electrons. The van der Waals surface area contributed by atoms with Gasteiger partial charge in [-0.15, -0.1) is 0 Å². The molecule has 0 N–H and O–H groups in total. The molecule has 2 rings (SSSR count). The van der Waals surface area contributed by atoms with Gasteiger partial charge in [0.25, 0.3) is 0 Å². The van der Waals surface area contributed by atoms with E-state index < -0.39 is 36.0 Å². The summed E-state index contributed by atoms with van der Waals surface area (Å²) in [5.41, 5.74) is 0.246. The Hall–Kier alpha value is -1.96. The fraction of sp³-hybridized carbons (Fsp3) is 0.600. The molecule has 0 spiro atoms. The molecule has 0 saturated carbocycles. The lowest BCUT2D eigenvalue weighted by Gasteiger charge is -2.37. The molecule has 27 heavy (non-hydrogen) atoms. The minimum absolute atomic E-state index is 0.276. The summed E-state index contributed by atoms with van der Waals surface area (Å²) >= 11 is 0. The number of carbonyl (C=O) groups excluding carboxylic acids is 2. The summed E-state index contributed by atoms with van der Waals surface area (Å²) in [6.07, 6.45) is -2.15. The fourth-order valence-electron chi connectivity index (χ4n) is 2.97. The van der Waals surface area contributed by atoms with E-state index in [1.165, 1.54) is 14.2 Å². The average molecular weight is 380 g/mol. The van der Waals surface area contributed by atoms with Crippen molar-refractivity contribution in [2.45, 2.75) is 63.8 Å². The van der Waals surface area contributed by atoms with Gasteiger partial charge >= 0.3 is 11.9 Å². The predicted octanol–water partition coefficient (Wildman–Crippen LogP) is 2.78. The van der Waals surface area contributed by atoms with Crippen molar-refractivity contribution >= 4 is 11.9 Å². The van der Waals surface area contributed by atoms with Crippen molar-refractivity contribution in [3.8, 4) is 0 Å². The minimum atomic E-state index is -0.965. The van der Waals surface area contributed by atoms with Gasteiger partial charge in [0.15, 0.2) is 18.5 Å². The first kappa shape index (κ1) is 21.3. The van der Waals surface area contributed by atoms with Gasteiger partial charge in [-0.3, -0.25) is 0 Å². The van der Waals surface area contributed by atoms with Crippen LogP contribution in [-0.2, 0) is 33.3 Å². The van der Waals surface area contributed by atoms with Crippen LogP contribution in [0.25, 0.3) is 0 Å². The lowest BCUT2D eigenvalue weighted by Crippen LogP contribution is -2.45. The monoisotopic (exact) mass is 380 g/mol. The van der Waals surface area contributed by atoms with Gasteiger partial charge in [0.2, 0.25) is 0 Å². The highest BCUT2D eigenvalue weighted by Gasteiger charge is 2.39. The van der Waals surface area contributed by atoms with Gasteiger partial charge in [-0.05, 0) is 26.3 Å². The van der Waals surface area contributed by atoms with Crippen molar-refractivity contribution in [2.24, 2.45) is 0 Å². The minimum Gasteiger partial charge on any atom is -0.467 e. The Morgan fingerprint density at radius 3 is 2.30 bits per heavy atom. The fourth-order valence-corrected chi connectivity index (χ4v) is 2.97. The molecule has 1 heterocycles. The SMILES string of the molecule is COC(=O)[C@H]1C[C@@H](OC(C)(C)C)C[C@@H](O[C@@H](C(=O)OC)c2ccccc2)O1. The molecule has 4 atom stereocenters. The van der Waals surface area contributed by atoms with E-state index in [4.69, 9.17) is 23.7 Å². The van der Waals surface area contributed by atoms with Gasteiger partial charge in [-0.2, -0.15) is 0 Å². The van der Waals surface area contributed by atoms with Crippen LogP contribution in [0.3, 0.4) is 0 Å². The van der Waals surface area contributed by atoms with E-state index in [1.54, 1.807) is 24.3 Å². The molecule has 0 bridgehead atoms. The van der Waals surface area contributed by atoms with Crippen molar-refractivity contribution in [2.75, 3.05) is 14.2 Å². The molecule has 0 amide bonds. The second-order valence-electron chi connectivity index (χ2n) is 7.35. The Balaban J connectivity index is 2.19. The quantitative estimate of drug-likeness (QED) is 0.702. The van der Waals surface area contributed by atoms with Gasteiger partial charge < -0.3 is 23.7 Å². The molecule has 0 aromatic heterocycles. The topological polar surface area (TPSA) is 80.3 Å². The first-order valence-corrected chi connectivity index (χ1v) is 8.93.